The summed E-state index contributed by atoms with van der Waals surface area (Å²) in [6, 6.07) is 0. The van der Waals surface area contributed by atoms with Crippen LogP contribution in [-0.4, -0.2) is 19.4 Å². The summed E-state index contributed by atoms with van der Waals surface area (Å²) in [7, 11) is 1.38. The average molecular weight is 210 g/mol. The molecule has 0 spiro atoms. The number of carbonyl (C=O) groups is 2. The fourth-order valence-corrected chi connectivity index (χ4v) is 2.15. The molecule has 1 aliphatic carbocycles. The zero-order valence-corrected chi connectivity index (χ0v) is 9.58. The van der Waals surface area contributed by atoms with E-state index in [4.69, 9.17) is 0 Å². The van der Waals surface area contributed by atoms with E-state index in [0.29, 0.717) is 6.42 Å². The Morgan fingerprint density at radius 2 is 2.33 bits per heavy atom. The van der Waals surface area contributed by atoms with E-state index in [1.807, 2.05) is 6.08 Å². The van der Waals surface area contributed by atoms with Gasteiger partial charge in [0.2, 0.25) is 0 Å². The molecular formula is C12H18O3. The van der Waals surface area contributed by atoms with Gasteiger partial charge in [0.15, 0.2) is 0 Å². The predicted molar refractivity (Wildman–Crippen MR) is 57.3 cm³/mol. The van der Waals surface area contributed by atoms with Crippen molar-refractivity contribution in [2.24, 2.45) is 11.3 Å². The van der Waals surface area contributed by atoms with E-state index in [2.05, 4.69) is 18.6 Å². The SMILES string of the molecule is COC(=O)C[C@@H]1C(C=O)=CCCC1(C)C. The zero-order chi connectivity index (χ0) is 11.5. The van der Waals surface area contributed by atoms with Gasteiger partial charge in [-0.05, 0) is 23.8 Å². The van der Waals surface area contributed by atoms with Crippen LogP contribution < -0.4 is 0 Å². The maximum Gasteiger partial charge on any atom is 0.306 e. The van der Waals surface area contributed by atoms with E-state index in [9.17, 15) is 9.59 Å². The van der Waals surface area contributed by atoms with Crippen LogP contribution in [0.1, 0.15) is 33.1 Å². The van der Waals surface area contributed by atoms with E-state index in [0.717, 1.165) is 24.7 Å². The molecule has 0 bridgehead atoms. The summed E-state index contributed by atoms with van der Waals surface area (Å²) in [5, 5.41) is 0. The molecular weight excluding hydrogens is 192 g/mol. The summed E-state index contributed by atoms with van der Waals surface area (Å²) in [5.41, 5.74) is 0.746. The fraction of sp³-hybridized carbons (Fsp3) is 0.667. The van der Waals surface area contributed by atoms with Gasteiger partial charge in [-0.3, -0.25) is 9.59 Å². The fourth-order valence-electron chi connectivity index (χ4n) is 2.15. The highest BCUT2D eigenvalue weighted by Gasteiger charge is 2.35. The van der Waals surface area contributed by atoms with Gasteiger partial charge >= 0.3 is 5.97 Å². The lowest BCUT2D eigenvalue weighted by molar-refractivity contribution is -0.142. The van der Waals surface area contributed by atoms with Gasteiger partial charge in [0.1, 0.15) is 6.29 Å². The lowest BCUT2D eigenvalue weighted by atomic mass is 9.67. The highest BCUT2D eigenvalue weighted by molar-refractivity contribution is 5.78. The van der Waals surface area contributed by atoms with Gasteiger partial charge in [-0.15, -0.1) is 0 Å². The van der Waals surface area contributed by atoms with E-state index < -0.39 is 0 Å². The Morgan fingerprint density at radius 1 is 1.67 bits per heavy atom. The molecule has 0 aromatic carbocycles. The molecule has 0 saturated carbocycles. The Kier molecular flexibility index (Phi) is 3.66. The van der Waals surface area contributed by atoms with E-state index in [1.54, 1.807) is 0 Å². The normalized spacial score (nSPS) is 24.2. The second kappa shape index (κ2) is 4.60. The number of hydrogen-bond acceptors (Lipinski definition) is 3. The maximum atomic E-state index is 11.3. The summed E-state index contributed by atoms with van der Waals surface area (Å²) in [6.07, 6.45) is 5.03. The Labute approximate surface area is 90.5 Å². The number of carbonyl (C=O) groups excluding carboxylic acids is 2. The number of hydrogen-bond donors (Lipinski definition) is 0. The molecule has 3 nitrogen and oxygen atoms in total. The summed E-state index contributed by atoms with van der Waals surface area (Å²) in [5.74, 6) is -0.251. The van der Waals surface area contributed by atoms with E-state index >= 15 is 0 Å². The topological polar surface area (TPSA) is 43.4 Å². The van der Waals surface area contributed by atoms with Crippen molar-refractivity contribution in [1.29, 1.82) is 0 Å². The van der Waals surface area contributed by atoms with Crippen LogP contribution in [0.5, 0.6) is 0 Å². The quantitative estimate of drug-likeness (QED) is 0.529. The lowest BCUT2D eigenvalue weighted by Gasteiger charge is -2.37. The van der Waals surface area contributed by atoms with Crippen molar-refractivity contribution in [3.05, 3.63) is 11.6 Å². The first-order valence-corrected chi connectivity index (χ1v) is 5.23. The van der Waals surface area contributed by atoms with Gasteiger partial charge in [0.25, 0.3) is 0 Å². The smallest absolute Gasteiger partial charge is 0.306 e. The first-order valence-electron chi connectivity index (χ1n) is 5.23. The monoisotopic (exact) mass is 210 g/mol. The number of rotatable bonds is 3. The number of esters is 1. The van der Waals surface area contributed by atoms with Crippen LogP contribution >= 0.6 is 0 Å². The first-order chi connectivity index (χ1) is 7.01. The van der Waals surface area contributed by atoms with Crippen LogP contribution in [0, 0.1) is 11.3 Å². The highest BCUT2D eigenvalue weighted by Crippen LogP contribution is 2.42. The molecule has 84 valence electrons. The molecule has 0 aromatic heterocycles. The van der Waals surface area contributed by atoms with Crippen LogP contribution in [0.2, 0.25) is 0 Å². The molecule has 15 heavy (non-hydrogen) atoms. The molecule has 1 rings (SSSR count). The minimum Gasteiger partial charge on any atom is -0.469 e. The molecule has 0 amide bonds. The van der Waals surface area contributed by atoms with E-state index in [1.165, 1.54) is 7.11 Å². The number of aldehydes is 1. The Morgan fingerprint density at radius 3 is 2.87 bits per heavy atom. The van der Waals surface area contributed by atoms with Gasteiger partial charge in [-0.2, -0.15) is 0 Å². The third-order valence-corrected chi connectivity index (χ3v) is 3.25. The maximum absolute atomic E-state index is 11.3. The van der Waals surface area contributed by atoms with Gasteiger partial charge in [-0.25, -0.2) is 0 Å². The zero-order valence-electron chi connectivity index (χ0n) is 9.58. The standard InChI is InChI=1S/C12H18O3/c1-12(2)6-4-5-9(8-13)10(12)7-11(14)15-3/h5,8,10H,4,6-7H2,1-3H3/t10-/m1/s1. The molecule has 0 saturated heterocycles. The molecule has 0 heterocycles. The largest absolute Gasteiger partial charge is 0.469 e. The molecule has 0 radical (unpaired) electrons. The third kappa shape index (κ3) is 2.67. The molecule has 0 unspecified atom stereocenters. The predicted octanol–water partition coefficient (Wildman–Crippen LogP) is 2.11. The second-order valence-electron chi connectivity index (χ2n) is 4.68. The molecule has 0 fully saturated rings. The van der Waals surface area contributed by atoms with Crippen LogP contribution in [0.4, 0.5) is 0 Å². The molecule has 3 heteroatoms. The molecule has 0 aliphatic heterocycles. The highest BCUT2D eigenvalue weighted by atomic mass is 16.5. The van der Waals surface area contributed by atoms with Crippen molar-refractivity contribution in [2.45, 2.75) is 33.1 Å². The molecule has 1 atom stereocenters. The minimum atomic E-state index is -0.247. The van der Waals surface area contributed by atoms with Crippen molar-refractivity contribution in [1.82, 2.24) is 0 Å². The van der Waals surface area contributed by atoms with Gasteiger partial charge in [0.05, 0.1) is 13.5 Å². The van der Waals surface area contributed by atoms with Crippen LogP contribution in [-0.2, 0) is 14.3 Å². The van der Waals surface area contributed by atoms with Gasteiger partial charge in [-0.1, -0.05) is 19.9 Å². The summed E-state index contributed by atoms with van der Waals surface area (Å²) in [6.45, 7) is 4.19. The lowest BCUT2D eigenvalue weighted by Crippen LogP contribution is -2.31. The van der Waals surface area contributed by atoms with E-state index in [-0.39, 0.29) is 17.3 Å². The number of allylic oxidation sites excluding steroid dienone is 2. The molecule has 0 aromatic rings. The average Bonchev–Trinajstić information content (AvgIpc) is 2.20. The van der Waals surface area contributed by atoms with Crippen molar-refractivity contribution in [3.63, 3.8) is 0 Å². The molecule has 0 N–H and O–H groups in total. The molecule has 1 aliphatic rings. The van der Waals surface area contributed by atoms with Crippen molar-refractivity contribution in [3.8, 4) is 0 Å². The second-order valence-corrected chi connectivity index (χ2v) is 4.68. The summed E-state index contributed by atoms with van der Waals surface area (Å²) < 4.78 is 4.66. The van der Waals surface area contributed by atoms with Gasteiger partial charge in [0, 0.05) is 5.92 Å². The Bertz CT molecular complexity index is 289. The number of methoxy groups -OCH3 is 1. The Balaban J connectivity index is 2.86. The van der Waals surface area contributed by atoms with Gasteiger partial charge < -0.3 is 4.74 Å². The Hall–Kier alpha value is -1.12. The summed E-state index contributed by atoms with van der Waals surface area (Å²) in [4.78, 5) is 22.2. The van der Waals surface area contributed by atoms with Crippen molar-refractivity contribution in [2.75, 3.05) is 7.11 Å². The van der Waals surface area contributed by atoms with Crippen molar-refractivity contribution >= 4 is 12.3 Å². The summed E-state index contributed by atoms with van der Waals surface area (Å²) >= 11 is 0. The van der Waals surface area contributed by atoms with Crippen LogP contribution in [0.25, 0.3) is 0 Å². The number of ether oxygens (including phenoxy) is 1. The van der Waals surface area contributed by atoms with Crippen LogP contribution in [0.15, 0.2) is 11.6 Å². The third-order valence-electron chi connectivity index (χ3n) is 3.25. The minimum absolute atomic E-state index is 0.000810. The first kappa shape index (κ1) is 12.0. The van der Waals surface area contributed by atoms with Crippen molar-refractivity contribution < 1.29 is 14.3 Å². The van der Waals surface area contributed by atoms with Crippen LogP contribution in [0.3, 0.4) is 0 Å².